The highest BCUT2D eigenvalue weighted by Gasteiger charge is 2.29. The molecular weight excluding hydrogens is 326 g/mol. The molecule has 2 aliphatic carbocycles. The Hall–Kier alpha value is -1.49. The first-order chi connectivity index (χ1) is 12.8. The molecule has 0 bridgehead atoms. The molecule has 142 valence electrons. The van der Waals surface area contributed by atoms with Gasteiger partial charge in [-0.1, -0.05) is 36.6 Å². The number of aromatic nitrogens is 2. The molecule has 26 heavy (non-hydrogen) atoms. The third-order valence-electron chi connectivity index (χ3n) is 6.48. The lowest BCUT2D eigenvalue weighted by Crippen LogP contribution is -2.37. The van der Waals surface area contributed by atoms with Crippen molar-refractivity contribution in [1.29, 1.82) is 0 Å². The van der Waals surface area contributed by atoms with Gasteiger partial charge in [0.2, 0.25) is 17.5 Å². The lowest BCUT2D eigenvalue weighted by molar-refractivity contribution is 0.0898. The van der Waals surface area contributed by atoms with E-state index in [1.54, 1.807) is 0 Å². The summed E-state index contributed by atoms with van der Waals surface area (Å²) in [5.74, 6) is 2.28. The van der Waals surface area contributed by atoms with E-state index in [1.807, 2.05) is 0 Å². The topological polar surface area (TPSA) is 59.2 Å². The zero-order chi connectivity index (χ0) is 17.8. The first-order valence-corrected chi connectivity index (χ1v) is 10.5. The van der Waals surface area contributed by atoms with E-state index in [9.17, 15) is 4.79 Å². The third-order valence-corrected chi connectivity index (χ3v) is 6.48. The lowest BCUT2D eigenvalue weighted by Gasteiger charge is -2.34. The molecule has 1 saturated heterocycles. The minimum atomic E-state index is 0.0304. The maximum Gasteiger partial charge on any atom is 0.238 e. The van der Waals surface area contributed by atoms with Crippen LogP contribution in [0.3, 0.4) is 0 Å². The van der Waals surface area contributed by atoms with Gasteiger partial charge in [-0.05, 0) is 64.0 Å². The maximum atomic E-state index is 12.5. The highest BCUT2D eigenvalue weighted by Crippen LogP contribution is 2.30. The number of hydrogen-bond acceptors (Lipinski definition) is 5. The van der Waals surface area contributed by atoms with Gasteiger partial charge in [0.1, 0.15) is 0 Å². The fraction of sp³-hybridized carbons (Fsp3) is 0.762. The van der Waals surface area contributed by atoms with Crippen LogP contribution in [0.15, 0.2) is 16.7 Å². The number of nitrogens with zero attached hydrogens (tertiary/aromatic N) is 3. The molecule has 0 aromatic carbocycles. The molecule has 0 radical (unpaired) electrons. The van der Waals surface area contributed by atoms with E-state index in [4.69, 9.17) is 4.52 Å². The zero-order valence-corrected chi connectivity index (χ0v) is 15.7. The molecule has 0 N–H and O–H groups in total. The van der Waals surface area contributed by atoms with E-state index in [0.29, 0.717) is 17.6 Å². The predicted octanol–water partition coefficient (Wildman–Crippen LogP) is 4.37. The van der Waals surface area contributed by atoms with Crippen LogP contribution in [0.25, 0.3) is 0 Å². The predicted molar refractivity (Wildman–Crippen MR) is 100 cm³/mol. The monoisotopic (exact) mass is 357 g/mol. The molecule has 5 heteroatoms. The summed E-state index contributed by atoms with van der Waals surface area (Å²) >= 11 is 0. The number of carbonyl (C=O) groups is 1. The summed E-state index contributed by atoms with van der Waals surface area (Å²) in [5.41, 5.74) is 0. The quantitative estimate of drug-likeness (QED) is 0.578. The summed E-state index contributed by atoms with van der Waals surface area (Å²) in [6.45, 7) is 3.48. The van der Waals surface area contributed by atoms with Gasteiger partial charge in [0.15, 0.2) is 0 Å². The SMILES string of the molecule is O=C(c1noc(C2CCN(CC3CCCCC3)CC2)n1)C1CC=CCC1. The molecule has 2 fully saturated rings. The average Bonchev–Trinajstić information content (AvgIpc) is 3.20. The van der Waals surface area contributed by atoms with Crippen LogP contribution >= 0.6 is 0 Å². The summed E-state index contributed by atoms with van der Waals surface area (Å²) < 4.78 is 5.48. The van der Waals surface area contributed by atoms with Crippen molar-refractivity contribution in [3.8, 4) is 0 Å². The van der Waals surface area contributed by atoms with Gasteiger partial charge in [0.05, 0.1) is 0 Å². The molecule has 0 amide bonds. The maximum absolute atomic E-state index is 12.5. The molecule has 3 aliphatic rings. The van der Waals surface area contributed by atoms with Gasteiger partial charge in [-0.3, -0.25) is 4.79 Å². The number of allylic oxidation sites excluding steroid dienone is 2. The largest absolute Gasteiger partial charge is 0.339 e. The lowest BCUT2D eigenvalue weighted by atomic mass is 9.88. The van der Waals surface area contributed by atoms with E-state index in [-0.39, 0.29) is 11.7 Å². The van der Waals surface area contributed by atoms with Gasteiger partial charge in [0, 0.05) is 18.4 Å². The van der Waals surface area contributed by atoms with Crippen molar-refractivity contribution < 1.29 is 9.32 Å². The van der Waals surface area contributed by atoms with Gasteiger partial charge in [0.25, 0.3) is 0 Å². The Labute approximate surface area is 156 Å². The van der Waals surface area contributed by atoms with Crippen molar-refractivity contribution >= 4 is 5.78 Å². The van der Waals surface area contributed by atoms with Crippen molar-refractivity contribution in [2.75, 3.05) is 19.6 Å². The average molecular weight is 357 g/mol. The van der Waals surface area contributed by atoms with Crippen LogP contribution in [0, 0.1) is 11.8 Å². The van der Waals surface area contributed by atoms with Crippen molar-refractivity contribution in [1.82, 2.24) is 15.0 Å². The van der Waals surface area contributed by atoms with Crippen LogP contribution in [0.5, 0.6) is 0 Å². The molecule has 4 rings (SSSR count). The second-order valence-electron chi connectivity index (χ2n) is 8.38. The first kappa shape index (κ1) is 17.9. The van der Waals surface area contributed by atoms with Crippen molar-refractivity contribution in [2.45, 2.75) is 70.1 Å². The standard InChI is InChI=1S/C21H31N3O2/c25-19(17-9-5-2-6-10-17)20-22-21(26-23-20)18-11-13-24(14-12-18)15-16-7-3-1-4-8-16/h2,5,16-18H,1,3-4,6-15H2. The van der Waals surface area contributed by atoms with E-state index >= 15 is 0 Å². The number of piperidine rings is 1. The number of likely N-dealkylation sites (tertiary alicyclic amines) is 1. The molecule has 0 spiro atoms. The second kappa shape index (κ2) is 8.47. The van der Waals surface area contributed by atoms with E-state index in [2.05, 4.69) is 27.2 Å². The first-order valence-electron chi connectivity index (χ1n) is 10.5. The fourth-order valence-electron chi connectivity index (χ4n) is 4.81. The van der Waals surface area contributed by atoms with Crippen LogP contribution in [0.4, 0.5) is 0 Å². The van der Waals surface area contributed by atoms with Gasteiger partial charge in [-0.2, -0.15) is 4.98 Å². The smallest absolute Gasteiger partial charge is 0.238 e. The Balaban J connectivity index is 1.28. The molecule has 2 heterocycles. The van der Waals surface area contributed by atoms with Crippen molar-refractivity contribution in [2.24, 2.45) is 11.8 Å². The highest BCUT2D eigenvalue weighted by molar-refractivity contribution is 5.94. The molecule has 1 unspecified atom stereocenters. The number of carbonyl (C=O) groups excluding carboxylic acids is 1. The van der Waals surface area contributed by atoms with Crippen LogP contribution in [-0.2, 0) is 0 Å². The number of hydrogen-bond donors (Lipinski definition) is 0. The molecule has 1 aromatic rings. The highest BCUT2D eigenvalue weighted by atomic mass is 16.5. The van der Waals surface area contributed by atoms with E-state index < -0.39 is 0 Å². The molecule has 1 aromatic heterocycles. The summed E-state index contributed by atoms with van der Waals surface area (Å²) in [7, 11) is 0. The van der Waals surface area contributed by atoms with Crippen LogP contribution in [-0.4, -0.2) is 40.5 Å². The summed E-state index contributed by atoms with van der Waals surface area (Å²) in [6.07, 6.45) is 16.1. The minimum absolute atomic E-state index is 0.0304. The summed E-state index contributed by atoms with van der Waals surface area (Å²) in [6, 6.07) is 0. The Morgan fingerprint density at radius 3 is 2.62 bits per heavy atom. The molecule has 1 atom stereocenters. The van der Waals surface area contributed by atoms with Crippen LogP contribution < -0.4 is 0 Å². The van der Waals surface area contributed by atoms with Gasteiger partial charge >= 0.3 is 0 Å². The van der Waals surface area contributed by atoms with Gasteiger partial charge in [-0.15, -0.1) is 0 Å². The second-order valence-corrected chi connectivity index (χ2v) is 8.38. The normalized spacial score (nSPS) is 26.2. The minimum Gasteiger partial charge on any atom is -0.339 e. The Morgan fingerprint density at radius 2 is 1.88 bits per heavy atom. The van der Waals surface area contributed by atoms with Crippen molar-refractivity contribution in [3.63, 3.8) is 0 Å². The van der Waals surface area contributed by atoms with Gasteiger partial charge in [-0.25, -0.2) is 0 Å². The fourth-order valence-corrected chi connectivity index (χ4v) is 4.81. The molecule has 1 aliphatic heterocycles. The summed E-state index contributed by atoms with van der Waals surface area (Å²) in [4.78, 5) is 19.6. The van der Waals surface area contributed by atoms with Crippen LogP contribution in [0.2, 0.25) is 0 Å². The molecular formula is C21H31N3O2. The number of Topliss-reactive ketones (excluding diaryl/α,β-unsaturated/α-hetero) is 1. The molecule has 5 nitrogen and oxygen atoms in total. The van der Waals surface area contributed by atoms with Crippen molar-refractivity contribution in [3.05, 3.63) is 23.9 Å². The summed E-state index contributed by atoms with van der Waals surface area (Å²) in [5, 5.41) is 4.01. The molecule has 1 saturated carbocycles. The van der Waals surface area contributed by atoms with Gasteiger partial charge < -0.3 is 9.42 Å². The zero-order valence-electron chi connectivity index (χ0n) is 15.7. The van der Waals surface area contributed by atoms with E-state index in [1.165, 1.54) is 38.6 Å². The van der Waals surface area contributed by atoms with Crippen LogP contribution in [0.1, 0.15) is 86.6 Å². The Kier molecular flexibility index (Phi) is 5.83. The third kappa shape index (κ3) is 4.25. The van der Waals surface area contributed by atoms with E-state index in [0.717, 1.165) is 51.1 Å². The number of rotatable bonds is 5. The Morgan fingerprint density at radius 1 is 1.08 bits per heavy atom. The number of ketones is 1. The Bertz CT molecular complexity index is 625.